The van der Waals surface area contributed by atoms with E-state index in [1.165, 1.54) is 60.5 Å². The van der Waals surface area contributed by atoms with E-state index < -0.39 is 0 Å². The Hall–Kier alpha value is -5.21. The topological polar surface area (TPSA) is 15.6 Å². The van der Waals surface area contributed by atoms with Crippen molar-refractivity contribution < 1.29 is 0 Å². The molecule has 2 heteroatoms. The molecule has 6 aromatic rings. The Morgan fingerprint density at radius 2 is 0.951 bits per heavy atom. The zero-order valence-electron chi connectivity index (χ0n) is 22.6. The van der Waals surface area contributed by atoms with E-state index in [1.807, 2.05) is 0 Å². The Labute approximate surface area is 240 Å². The van der Waals surface area contributed by atoms with Crippen LogP contribution in [0.15, 0.2) is 157 Å². The van der Waals surface area contributed by atoms with Gasteiger partial charge in [0.05, 0.1) is 12.3 Å². The molecule has 0 saturated carbocycles. The number of hydrogen-bond acceptors (Lipinski definition) is 2. The van der Waals surface area contributed by atoms with E-state index in [1.54, 1.807) is 0 Å². The second kappa shape index (κ2) is 9.76. The van der Waals surface area contributed by atoms with Crippen LogP contribution in [0.5, 0.6) is 0 Å². The van der Waals surface area contributed by atoms with Crippen LogP contribution in [-0.4, -0.2) is 23.3 Å². The van der Waals surface area contributed by atoms with Crippen LogP contribution in [0.25, 0.3) is 49.4 Å². The van der Waals surface area contributed by atoms with Crippen molar-refractivity contribution in [3.63, 3.8) is 0 Å². The molecule has 1 atom stereocenters. The van der Waals surface area contributed by atoms with Crippen LogP contribution in [0.1, 0.15) is 11.1 Å². The molecule has 194 valence electrons. The molecule has 2 heterocycles. The molecular weight excluding hydrogens is 496 g/mol. The zero-order chi connectivity index (χ0) is 27.2. The predicted octanol–water partition coefficient (Wildman–Crippen LogP) is 9.37. The van der Waals surface area contributed by atoms with Crippen LogP contribution < -0.4 is 0 Å². The van der Waals surface area contributed by atoms with Crippen molar-refractivity contribution in [2.75, 3.05) is 6.54 Å². The van der Waals surface area contributed by atoms with Crippen LogP contribution >= 0.6 is 0 Å². The molecule has 41 heavy (non-hydrogen) atoms. The van der Waals surface area contributed by atoms with Gasteiger partial charge in [-0.15, -0.1) is 0 Å². The fourth-order valence-electron chi connectivity index (χ4n) is 6.38. The summed E-state index contributed by atoms with van der Waals surface area (Å²) < 4.78 is 0. The van der Waals surface area contributed by atoms with Gasteiger partial charge in [-0.1, -0.05) is 140 Å². The van der Waals surface area contributed by atoms with Gasteiger partial charge in [0.15, 0.2) is 0 Å². The molecule has 8 rings (SSSR count). The molecule has 6 aromatic carbocycles. The summed E-state index contributed by atoms with van der Waals surface area (Å²) in [5.41, 5.74) is 9.83. The lowest BCUT2D eigenvalue weighted by molar-refractivity contribution is 0.396. The minimum absolute atomic E-state index is 0.0653. The Morgan fingerprint density at radius 1 is 0.488 bits per heavy atom. The summed E-state index contributed by atoms with van der Waals surface area (Å²) in [6.45, 7) is 0.808. The molecule has 0 aromatic heterocycles. The van der Waals surface area contributed by atoms with Crippen molar-refractivity contribution in [3.05, 3.63) is 163 Å². The average molecular weight is 525 g/mol. The Morgan fingerprint density at radius 3 is 1.51 bits per heavy atom. The normalized spacial score (nSPS) is 16.1. The second-order valence-electron chi connectivity index (χ2n) is 10.8. The maximum Gasteiger partial charge on any atom is 0.140 e. The van der Waals surface area contributed by atoms with Crippen molar-refractivity contribution in [3.8, 4) is 22.3 Å². The van der Waals surface area contributed by atoms with Gasteiger partial charge in [0.25, 0.3) is 0 Å². The van der Waals surface area contributed by atoms with Gasteiger partial charge < -0.3 is 4.90 Å². The SMILES string of the molecule is C1=CC2N=C(c3ccc(-c4c5ccccc5c(-c5ccccc5)c5ccccc45)cc3)CN2C=C1c1ccccc1. The fourth-order valence-corrected chi connectivity index (χ4v) is 6.38. The molecule has 0 aliphatic carbocycles. The van der Waals surface area contributed by atoms with Crippen LogP contribution in [-0.2, 0) is 0 Å². The smallest absolute Gasteiger partial charge is 0.140 e. The third kappa shape index (κ3) is 4.08. The number of aliphatic imine (C=N–C) groups is 1. The highest BCUT2D eigenvalue weighted by molar-refractivity contribution is 6.21. The second-order valence-corrected chi connectivity index (χ2v) is 10.8. The molecule has 2 aliphatic rings. The molecule has 0 amide bonds. The predicted molar refractivity (Wildman–Crippen MR) is 173 cm³/mol. The van der Waals surface area contributed by atoms with Gasteiger partial charge in [-0.3, -0.25) is 4.99 Å². The molecule has 0 radical (unpaired) electrons. The molecule has 0 bridgehead atoms. The summed E-state index contributed by atoms with van der Waals surface area (Å²) in [6, 6.07) is 48.0. The van der Waals surface area contributed by atoms with E-state index in [2.05, 4.69) is 157 Å². The number of hydrogen-bond donors (Lipinski definition) is 0. The first-order valence-electron chi connectivity index (χ1n) is 14.2. The first kappa shape index (κ1) is 23.7. The quantitative estimate of drug-likeness (QED) is 0.210. The Bertz CT molecular complexity index is 1940. The first-order chi connectivity index (χ1) is 20.3. The van der Waals surface area contributed by atoms with E-state index >= 15 is 0 Å². The van der Waals surface area contributed by atoms with Crippen molar-refractivity contribution in [2.45, 2.75) is 6.17 Å². The van der Waals surface area contributed by atoms with Crippen LogP contribution in [0, 0.1) is 0 Å². The number of rotatable bonds is 4. The van der Waals surface area contributed by atoms with Crippen molar-refractivity contribution in [2.24, 2.45) is 4.99 Å². The average Bonchev–Trinajstić information content (AvgIpc) is 3.48. The van der Waals surface area contributed by atoms with Crippen LogP contribution in [0.2, 0.25) is 0 Å². The number of allylic oxidation sites excluding steroid dienone is 2. The Balaban J connectivity index is 1.18. The molecule has 2 aliphatic heterocycles. The maximum atomic E-state index is 5.07. The highest BCUT2D eigenvalue weighted by Crippen LogP contribution is 2.43. The molecule has 2 nitrogen and oxygen atoms in total. The summed E-state index contributed by atoms with van der Waals surface area (Å²) in [4.78, 5) is 7.40. The van der Waals surface area contributed by atoms with Gasteiger partial charge in [0.2, 0.25) is 0 Å². The van der Waals surface area contributed by atoms with Gasteiger partial charge in [-0.25, -0.2) is 0 Å². The lowest BCUT2D eigenvalue weighted by Crippen LogP contribution is -2.26. The van der Waals surface area contributed by atoms with Gasteiger partial charge in [-0.05, 0) is 66.6 Å². The van der Waals surface area contributed by atoms with E-state index in [9.17, 15) is 0 Å². The number of fused-ring (bicyclic) bond motifs is 3. The lowest BCUT2D eigenvalue weighted by Gasteiger charge is -2.23. The maximum absolute atomic E-state index is 5.07. The van der Waals surface area contributed by atoms with E-state index in [0.717, 1.165) is 12.3 Å². The Kier molecular flexibility index (Phi) is 5.63. The van der Waals surface area contributed by atoms with Gasteiger partial charge >= 0.3 is 0 Å². The lowest BCUT2D eigenvalue weighted by atomic mass is 9.86. The monoisotopic (exact) mass is 524 g/mol. The fraction of sp³-hybridized carbons (Fsp3) is 0.0513. The van der Waals surface area contributed by atoms with E-state index in [0.29, 0.717) is 0 Å². The molecule has 0 saturated heterocycles. The summed E-state index contributed by atoms with van der Waals surface area (Å²) in [5.74, 6) is 0. The largest absolute Gasteiger partial charge is 0.346 e. The summed E-state index contributed by atoms with van der Waals surface area (Å²) in [7, 11) is 0. The minimum Gasteiger partial charge on any atom is -0.346 e. The van der Waals surface area contributed by atoms with Crippen LogP contribution in [0.3, 0.4) is 0 Å². The van der Waals surface area contributed by atoms with E-state index in [4.69, 9.17) is 4.99 Å². The first-order valence-corrected chi connectivity index (χ1v) is 14.2. The standard InChI is InChI=1S/C39H28N2/c1-3-11-27(12-4-1)31-23-24-37-40-36(26-41(37)25-31)28-19-21-30(22-20-28)39-34-17-9-7-15-32(34)38(29-13-5-2-6-14-29)33-16-8-10-18-35(33)39/h1-25,37H,26H2. The summed E-state index contributed by atoms with van der Waals surface area (Å²) in [5, 5.41) is 5.11. The van der Waals surface area contributed by atoms with Crippen molar-refractivity contribution in [1.29, 1.82) is 0 Å². The summed E-state index contributed by atoms with van der Waals surface area (Å²) >= 11 is 0. The van der Waals surface area contributed by atoms with Gasteiger partial charge in [-0.2, -0.15) is 0 Å². The third-order valence-corrected chi connectivity index (χ3v) is 8.32. The highest BCUT2D eigenvalue weighted by atomic mass is 15.3. The molecule has 1 unspecified atom stereocenters. The molecule has 0 N–H and O–H groups in total. The van der Waals surface area contributed by atoms with E-state index in [-0.39, 0.29) is 6.17 Å². The van der Waals surface area contributed by atoms with Crippen molar-refractivity contribution >= 4 is 32.8 Å². The summed E-state index contributed by atoms with van der Waals surface area (Å²) in [6.07, 6.45) is 6.71. The highest BCUT2D eigenvalue weighted by Gasteiger charge is 2.26. The number of benzene rings is 6. The van der Waals surface area contributed by atoms with Gasteiger partial charge in [0.1, 0.15) is 6.17 Å². The molecule has 0 fully saturated rings. The van der Waals surface area contributed by atoms with Crippen LogP contribution in [0.4, 0.5) is 0 Å². The zero-order valence-corrected chi connectivity index (χ0v) is 22.6. The van der Waals surface area contributed by atoms with Crippen molar-refractivity contribution in [1.82, 2.24) is 4.90 Å². The molecular formula is C39H28N2. The minimum atomic E-state index is 0.0653. The molecule has 0 spiro atoms. The number of nitrogens with zero attached hydrogens (tertiary/aromatic N) is 2. The third-order valence-electron chi connectivity index (χ3n) is 8.32. The van der Waals surface area contributed by atoms with Gasteiger partial charge in [0, 0.05) is 6.20 Å².